The van der Waals surface area contributed by atoms with Crippen LogP contribution in [0.15, 0.2) is 24.7 Å². The van der Waals surface area contributed by atoms with E-state index in [1.807, 2.05) is 0 Å². The molecule has 164 valence electrons. The molecule has 3 aromatic rings. The number of nitrogens with one attached hydrogen (secondary N) is 2. The van der Waals surface area contributed by atoms with Gasteiger partial charge in [0.1, 0.15) is 5.65 Å². The van der Waals surface area contributed by atoms with Crippen molar-refractivity contribution in [1.29, 1.82) is 0 Å². The van der Waals surface area contributed by atoms with Gasteiger partial charge in [-0.05, 0) is 39.7 Å². The van der Waals surface area contributed by atoms with Gasteiger partial charge in [-0.2, -0.15) is 0 Å². The van der Waals surface area contributed by atoms with Crippen molar-refractivity contribution < 1.29 is 14.0 Å². The van der Waals surface area contributed by atoms with Crippen LogP contribution in [0.5, 0.6) is 0 Å². The highest BCUT2D eigenvalue weighted by Gasteiger charge is 2.29. The summed E-state index contributed by atoms with van der Waals surface area (Å²) in [5.41, 5.74) is 0.730. The van der Waals surface area contributed by atoms with Crippen LogP contribution in [-0.2, 0) is 9.63 Å². The van der Waals surface area contributed by atoms with Crippen LogP contribution >= 0.6 is 11.6 Å². The van der Waals surface area contributed by atoms with Crippen molar-refractivity contribution in [1.82, 2.24) is 25.0 Å². The number of anilines is 1. The SMILES string of the molecule is CC(C)(C)C(=O)ON1CCCC(Nc2nc(-c3c[nH]c4ncc(Cl)cc34)ncc2F)C1. The lowest BCUT2D eigenvalue weighted by Gasteiger charge is -2.33. The predicted molar refractivity (Wildman–Crippen MR) is 116 cm³/mol. The maximum atomic E-state index is 14.5. The Morgan fingerprint density at radius 2 is 2.16 bits per heavy atom. The first-order chi connectivity index (χ1) is 14.7. The molecule has 0 aromatic carbocycles. The van der Waals surface area contributed by atoms with E-state index in [2.05, 4.69) is 25.3 Å². The third-order valence-corrected chi connectivity index (χ3v) is 5.24. The summed E-state index contributed by atoms with van der Waals surface area (Å²) in [6.45, 7) is 6.49. The number of rotatable bonds is 4. The third kappa shape index (κ3) is 4.77. The normalized spacial score (nSPS) is 17.6. The monoisotopic (exact) mass is 446 g/mol. The molecule has 2 N–H and O–H groups in total. The lowest BCUT2D eigenvalue weighted by Crippen LogP contribution is -2.44. The van der Waals surface area contributed by atoms with E-state index in [0.717, 1.165) is 24.4 Å². The van der Waals surface area contributed by atoms with E-state index in [9.17, 15) is 9.18 Å². The van der Waals surface area contributed by atoms with E-state index in [0.29, 0.717) is 35.1 Å². The number of H-pyrrole nitrogens is 1. The van der Waals surface area contributed by atoms with E-state index in [-0.39, 0.29) is 17.8 Å². The first-order valence-corrected chi connectivity index (χ1v) is 10.5. The van der Waals surface area contributed by atoms with Gasteiger partial charge >= 0.3 is 5.97 Å². The highest BCUT2D eigenvalue weighted by molar-refractivity contribution is 6.31. The number of pyridine rings is 1. The molecular formula is C21H24ClFN6O2. The fraction of sp³-hybridized carbons (Fsp3) is 0.429. The van der Waals surface area contributed by atoms with E-state index < -0.39 is 11.2 Å². The minimum atomic E-state index is -0.592. The zero-order chi connectivity index (χ0) is 22.2. The number of hydroxylamine groups is 2. The molecule has 10 heteroatoms. The Balaban J connectivity index is 1.52. The van der Waals surface area contributed by atoms with Crippen molar-refractivity contribution in [2.75, 3.05) is 18.4 Å². The predicted octanol–water partition coefficient (Wildman–Crippen LogP) is 4.19. The topological polar surface area (TPSA) is 96.0 Å². The number of fused-ring (bicyclic) bond motifs is 1. The fourth-order valence-electron chi connectivity index (χ4n) is 3.35. The fourth-order valence-corrected chi connectivity index (χ4v) is 3.51. The third-order valence-electron chi connectivity index (χ3n) is 5.03. The molecule has 1 fully saturated rings. The Morgan fingerprint density at radius 3 is 2.94 bits per heavy atom. The first kappa shape index (κ1) is 21.5. The molecule has 0 spiro atoms. The number of aromatic nitrogens is 4. The summed E-state index contributed by atoms with van der Waals surface area (Å²) in [7, 11) is 0. The van der Waals surface area contributed by atoms with E-state index in [1.165, 1.54) is 0 Å². The molecule has 8 nitrogen and oxygen atoms in total. The summed E-state index contributed by atoms with van der Waals surface area (Å²) >= 11 is 6.07. The Morgan fingerprint density at radius 1 is 1.35 bits per heavy atom. The van der Waals surface area contributed by atoms with Crippen molar-refractivity contribution >= 4 is 34.4 Å². The average Bonchev–Trinajstić information content (AvgIpc) is 3.12. The first-order valence-electron chi connectivity index (χ1n) is 10.1. The maximum Gasteiger partial charge on any atom is 0.330 e. The molecule has 1 atom stereocenters. The molecule has 0 aliphatic carbocycles. The number of hydrogen-bond donors (Lipinski definition) is 2. The van der Waals surface area contributed by atoms with Crippen LogP contribution in [0.4, 0.5) is 10.2 Å². The van der Waals surface area contributed by atoms with Crippen molar-refractivity contribution in [3.05, 3.63) is 35.5 Å². The lowest BCUT2D eigenvalue weighted by atomic mass is 9.98. The number of halogens is 2. The van der Waals surface area contributed by atoms with Crippen LogP contribution in [-0.4, -0.2) is 50.1 Å². The highest BCUT2D eigenvalue weighted by Crippen LogP contribution is 2.28. The smallest absolute Gasteiger partial charge is 0.330 e. The van der Waals surface area contributed by atoms with Gasteiger partial charge in [0.15, 0.2) is 17.5 Å². The molecule has 0 saturated carbocycles. The Hall–Kier alpha value is -2.78. The molecule has 1 unspecified atom stereocenters. The minimum Gasteiger partial charge on any atom is -0.367 e. The van der Waals surface area contributed by atoms with Gasteiger partial charge in [-0.25, -0.2) is 24.1 Å². The van der Waals surface area contributed by atoms with Crippen LogP contribution in [0, 0.1) is 11.2 Å². The molecule has 1 saturated heterocycles. The Bertz CT molecular complexity index is 1110. The van der Waals surface area contributed by atoms with Gasteiger partial charge in [0, 0.05) is 35.9 Å². The molecule has 3 aromatic heterocycles. The van der Waals surface area contributed by atoms with E-state index >= 15 is 0 Å². The average molecular weight is 447 g/mol. The molecular weight excluding hydrogens is 423 g/mol. The van der Waals surface area contributed by atoms with Gasteiger partial charge < -0.3 is 15.1 Å². The van der Waals surface area contributed by atoms with Crippen LogP contribution in [0.25, 0.3) is 22.4 Å². The second kappa shape index (κ2) is 8.39. The number of hydrogen-bond acceptors (Lipinski definition) is 7. The molecule has 1 aliphatic heterocycles. The van der Waals surface area contributed by atoms with Gasteiger partial charge in [0.25, 0.3) is 0 Å². The quantitative estimate of drug-likeness (QED) is 0.620. The standard InChI is InChI=1S/C21H24ClFN6O2/c1-21(2,3)20(30)31-29-6-4-5-13(11-29)27-19-16(23)10-26-18(28-19)15-9-25-17-14(15)7-12(22)8-24-17/h7-10,13H,4-6,11H2,1-3H3,(H,24,25)(H,26,27,28). The van der Waals surface area contributed by atoms with Crippen LogP contribution in [0.1, 0.15) is 33.6 Å². The number of aromatic amines is 1. The largest absolute Gasteiger partial charge is 0.367 e. The second-order valence-corrected chi connectivity index (χ2v) is 9.08. The van der Waals surface area contributed by atoms with Gasteiger partial charge in [0.2, 0.25) is 0 Å². The molecule has 0 bridgehead atoms. The summed E-state index contributed by atoms with van der Waals surface area (Å²) in [4.78, 5) is 33.5. The summed E-state index contributed by atoms with van der Waals surface area (Å²) in [5, 5.41) is 6.01. The second-order valence-electron chi connectivity index (χ2n) is 8.64. The number of nitrogens with zero attached hydrogens (tertiary/aromatic N) is 4. The van der Waals surface area contributed by atoms with Crippen molar-refractivity contribution in [2.24, 2.45) is 5.41 Å². The molecule has 4 rings (SSSR count). The zero-order valence-electron chi connectivity index (χ0n) is 17.6. The number of carbonyl (C=O) groups is 1. The summed E-state index contributed by atoms with van der Waals surface area (Å²) in [5.74, 6) is -0.395. The van der Waals surface area contributed by atoms with Crippen molar-refractivity contribution in [3.63, 3.8) is 0 Å². The Kier molecular flexibility index (Phi) is 5.81. The van der Waals surface area contributed by atoms with Crippen LogP contribution < -0.4 is 5.32 Å². The van der Waals surface area contributed by atoms with Gasteiger partial charge in [0.05, 0.1) is 23.2 Å². The van der Waals surface area contributed by atoms with E-state index in [1.54, 1.807) is 44.3 Å². The molecule has 0 amide bonds. The van der Waals surface area contributed by atoms with Gasteiger partial charge in [-0.1, -0.05) is 11.6 Å². The number of piperidine rings is 1. The maximum absolute atomic E-state index is 14.5. The molecule has 1 aliphatic rings. The van der Waals surface area contributed by atoms with Crippen LogP contribution in [0.2, 0.25) is 5.02 Å². The van der Waals surface area contributed by atoms with E-state index in [4.69, 9.17) is 16.4 Å². The van der Waals surface area contributed by atoms with Crippen molar-refractivity contribution in [2.45, 2.75) is 39.7 Å². The molecule has 31 heavy (non-hydrogen) atoms. The molecule has 4 heterocycles. The van der Waals surface area contributed by atoms with Gasteiger partial charge in [-0.15, -0.1) is 5.06 Å². The van der Waals surface area contributed by atoms with Crippen molar-refractivity contribution in [3.8, 4) is 11.4 Å². The number of carbonyl (C=O) groups excluding carboxylic acids is 1. The van der Waals surface area contributed by atoms with Crippen LogP contribution in [0.3, 0.4) is 0 Å². The highest BCUT2D eigenvalue weighted by atomic mass is 35.5. The lowest BCUT2D eigenvalue weighted by molar-refractivity contribution is -0.204. The zero-order valence-corrected chi connectivity index (χ0v) is 18.3. The molecule has 0 radical (unpaired) electrons. The minimum absolute atomic E-state index is 0.100. The Labute approximate surface area is 184 Å². The summed E-state index contributed by atoms with van der Waals surface area (Å²) in [6, 6.07) is 1.64. The summed E-state index contributed by atoms with van der Waals surface area (Å²) in [6.07, 6.45) is 6.02. The van der Waals surface area contributed by atoms with Gasteiger partial charge in [-0.3, -0.25) is 0 Å². The summed E-state index contributed by atoms with van der Waals surface area (Å²) < 4.78 is 14.5.